The minimum absolute atomic E-state index is 0.0398. The van der Waals surface area contributed by atoms with Crippen molar-refractivity contribution in [3.05, 3.63) is 29.8 Å². The number of hydrogen-bond donors (Lipinski definition) is 1. The summed E-state index contributed by atoms with van der Waals surface area (Å²) in [6.07, 6.45) is 6.02. The van der Waals surface area contributed by atoms with Gasteiger partial charge in [-0.3, -0.25) is 0 Å². The maximum Gasteiger partial charge on any atom is 0.175 e. The van der Waals surface area contributed by atoms with Gasteiger partial charge in [0, 0.05) is 12.3 Å². The second kappa shape index (κ2) is 4.78. The quantitative estimate of drug-likeness (QED) is 0.895. The monoisotopic (exact) mass is 253 g/mol. The Morgan fingerprint density at radius 2 is 2.12 bits per heavy atom. The third kappa shape index (κ3) is 3.07. The molecular weight excluding hydrogens is 234 g/mol. The number of sulfone groups is 1. The minimum atomic E-state index is -3.13. The van der Waals surface area contributed by atoms with Crippen LogP contribution >= 0.6 is 0 Å². The van der Waals surface area contributed by atoms with Crippen LogP contribution in [0.5, 0.6) is 0 Å². The van der Waals surface area contributed by atoms with E-state index in [9.17, 15) is 8.42 Å². The van der Waals surface area contributed by atoms with E-state index in [2.05, 4.69) is 0 Å². The first-order chi connectivity index (χ1) is 7.97. The molecule has 0 aromatic heterocycles. The first-order valence-electron chi connectivity index (χ1n) is 6.02. The molecule has 1 atom stereocenters. The molecule has 1 unspecified atom stereocenters. The van der Waals surface area contributed by atoms with Gasteiger partial charge in [0.15, 0.2) is 9.84 Å². The molecule has 17 heavy (non-hydrogen) atoms. The van der Waals surface area contributed by atoms with Gasteiger partial charge in [-0.25, -0.2) is 8.42 Å². The molecule has 1 aliphatic carbocycles. The van der Waals surface area contributed by atoms with Crippen LogP contribution in [-0.4, -0.2) is 14.7 Å². The van der Waals surface area contributed by atoms with Gasteiger partial charge in [0.05, 0.1) is 4.90 Å². The maximum atomic E-state index is 11.5. The van der Waals surface area contributed by atoms with E-state index in [1.807, 2.05) is 6.07 Å². The van der Waals surface area contributed by atoms with E-state index in [0.717, 1.165) is 17.9 Å². The van der Waals surface area contributed by atoms with Crippen molar-refractivity contribution in [2.75, 3.05) is 6.26 Å². The molecule has 3 nitrogen and oxygen atoms in total. The van der Waals surface area contributed by atoms with Crippen LogP contribution in [0.4, 0.5) is 0 Å². The second-order valence-electron chi connectivity index (χ2n) is 4.98. The Bertz CT molecular complexity index is 492. The Morgan fingerprint density at radius 3 is 2.65 bits per heavy atom. The number of nitrogens with two attached hydrogens (primary N) is 1. The van der Waals surface area contributed by atoms with Crippen molar-refractivity contribution in [3.8, 4) is 0 Å². The van der Waals surface area contributed by atoms with Crippen LogP contribution in [0.3, 0.4) is 0 Å². The Labute approximate surface area is 103 Å². The van der Waals surface area contributed by atoms with Gasteiger partial charge in [-0.1, -0.05) is 31.4 Å². The van der Waals surface area contributed by atoms with E-state index in [1.165, 1.54) is 25.5 Å². The van der Waals surface area contributed by atoms with Gasteiger partial charge in [-0.2, -0.15) is 0 Å². The van der Waals surface area contributed by atoms with Crippen molar-refractivity contribution in [3.63, 3.8) is 0 Å². The molecule has 1 aromatic rings. The van der Waals surface area contributed by atoms with Gasteiger partial charge in [-0.15, -0.1) is 0 Å². The number of benzene rings is 1. The van der Waals surface area contributed by atoms with Crippen molar-refractivity contribution in [2.24, 2.45) is 11.7 Å². The zero-order chi connectivity index (χ0) is 12.5. The van der Waals surface area contributed by atoms with Gasteiger partial charge in [-0.05, 0) is 30.0 Å². The fourth-order valence-electron chi connectivity index (χ4n) is 2.20. The van der Waals surface area contributed by atoms with E-state index in [-0.39, 0.29) is 6.04 Å². The maximum absolute atomic E-state index is 11.5. The van der Waals surface area contributed by atoms with Crippen LogP contribution in [0.15, 0.2) is 29.2 Å². The highest BCUT2D eigenvalue weighted by molar-refractivity contribution is 7.90. The summed E-state index contributed by atoms with van der Waals surface area (Å²) in [6, 6.07) is 6.97. The van der Waals surface area contributed by atoms with E-state index >= 15 is 0 Å². The molecule has 0 saturated heterocycles. The molecule has 1 aromatic carbocycles. The first kappa shape index (κ1) is 12.6. The Balaban J connectivity index is 2.14. The molecule has 0 heterocycles. The predicted octanol–water partition coefficient (Wildman–Crippen LogP) is 2.28. The lowest BCUT2D eigenvalue weighted by atomic mass is 9.80. The molecule has 0 amide bonds. The summed E-state index contributed by atoms with van der Waals surface area (Å²) in [5, 5.41) is 0. The average Bonchev–Trinajstić information content (AvgIpc) is 2.22. The third-order valence-electron chi connectivity index (χ3n) is 3.53. The van der Waals surface area contributed by atoms with Crippen LogP contribution < -0.4 is 5.73 Å². The van der Waals surface area contributed by atoms with Crippen molar-refractivity contribution in [1.29, 1.82) is 0 Å². The topological polar surface area (TPSA) is 60.2 Å². The van der Waals surface area contributed by atoms with Gasteiger partial charge >= 0.3 is 0 Å². The van der Waals surface area contributed by atoms with Gasteiger partial charge in [0.1, 0.15) is 0 Å². The van der Waals surface area contributed by atoms with E-state index in [1.54, 1.807) is 18.2 Å². The van der Waals surface area contributed by atoms with Crippen LogP contribution in [0.2, 0.25) is 0 Å². The van der Waals surface area contributed by atoms with Crippen molar-refractivity contribution in [2.45, 2.75) is 36.6 Å². The molecule has 94 valence electrons. The Kier molecular flexibility index (Phi) is 3.54. The van der Waals surface area contributed by atoms with Gasteiger partial charge in [0.25, 0.3) is 0 Å². The molecule has 1 saturated carbocycles. The normalized spacial score (nSPS) is 18.7. The smallest absolute Gasteiger partial charge is 0.175 e. The molecule has 0 bridgehead atoms. The fourth-order valence-corrected chi connectivity index (χ4v) is 2.88. The lowest BCUT2D eigenvalue weighted by Gasteiger charge is -2.28. The highest BCUT2D eigenvalue weighted by Crippen LogP contribution is 2.34. The summed E-state index contributed by atoms with van der Waals surface area (Å²) in [5.74, 6) is 0.729. The average molecular weight is 253 g/mol. The predicted molar refractivity (Wildman–Crippen MR) is 68.4 cm³/mol. The molecule has 4 heteroatoms. The fraction of sp³-hybridized carbons (Fsp3) is 0.538. The minimum Gasteiger partial charge on any atom is -0.324 e. The van der Waals surface area contributed by atoms with Crippen LogP contribution in [0.1, 0.15) is 37.3 Å². The lowest BCUT2D eigenvalue weighted by molar-refractivity contribution is 0.277. The summed E-state index contributed by atoms with van der Waals surface area (Å²) >= 11 is 0. The molecule has 2 N–H and O–H groups in total. The van der Waals surface area contributed by atoms with Crippen molar-refractivity contribution < 1.29 is 8.42 Å². The second-order valence-corrected chi connectivity index (χ2v) is 7.00. The molecule has 1 aliphatic rings. The third-order valence-corrected chi connectivity index (χ3v) is 4.64. The Morgan fingerprint density at radius 1 is 1.41 bits per heavy atom. The highest BCUT2D eigenvalue weighted by atomic mass is 32.2. The van der Waals surface area contributed by atoms with Crippen molar-refractivity contribution >= 4 is 9.84 Å². The standard InChI is InChI=1S/C13H19NO2S/c1-17(15,16)12-7-3-6-11(9-12)13(14)8-10-4-2-5-10/h3,6-7,9-10,13H,2,4-5,8,14H2,1H3. The van der Waals surface area contributed by atoms with Crippen LogP contribution in [-0.2, 0) is 9.84 Å². The van der Waals surface area contributed by atoms with Gasteiger partial charge in [0.2, 0.25) is 0 Å². The van der Waals surface area contributed by atoms with E-state index < -0.39 is 9.84 Å². The number of rotatable bonds is 4. The van der Waals surface area contributed by atoms with E-state index in [4.69, 9.17) is 5.73 Å². The molecule has 0 spiro atoms. The van der Waals surface area contributed by atoms with Gasteiger partial charge < -0.3 is 5.73 Å². The lowest BCUT2D eigenvalue weighted by Crippen LogP contribution is -2.20. The summed E-state index contributed by atoms with van der Waals surface area (Å²) < 4.78 is 22.9. The van der Waals surface area contributed by atoms with Crippen LogP contribution in [0.25, 0.3) is 0 Å². The van der Waals surface area contributed by atoms with E-state index in [0.29, 0.717) is 4.90 Å². The summed E-state index contributed by atoms with van der Waals surface area (Å²) in [4.78, 5) is 0.360. The molecular formula is C13H19NO2S. The molecule has 0 radical (unpaired) electrons. The van der Waals surface area contributed by atoms with Crippen LogP contribution in [0, 0.1) is 5.92 Å². The summed E-state index contributed by atoms with van der Waals surface area (Å²) in [7, 11) is -3.13. The highest BCUT2D eigenvalue weighted by Gasteiger charge is 2.21. The summed E-state index contributed by atoms with van der Waals surface area (Å²) in [6.45, 7) is 0. The molecule has 1 fully saturated rings. The molecule has 2 rings (SSSR count). The first-order valence-corrected chi connectivity index (χ1v) is 7.91. The Hall–Kier alpha value is -0.870. The zero-order valence-corrected chi connectivity index (χ0v) is 10.9. The molecule has 0 aliphatic heterocycles. The SMILES string of the molecule is CS(=O)(=O)c1cccc(C(N)CC2CCC2)c1. The zero-order valence-electron chi connectivity index (χ0n) is 10.1. The largest absolute Gasteiger partial charge is 0.324 e. The number of hydrogen-bond acceptors (Lipinski definition) is 3. The van der Waals surface area contributed by atoms with Crippen molar-refractivity contribution in [1.82, 2.24) is 0 Å². The summed E-state index contributed by atoms with van der Waals surface area (Å²) in [5.41, 5.74) is 7.05.